The van der Waals surface area contributed by atoms with E-state index in [0.717, 1.165) is 12.8 Å². The monoisotopic (exact) mass is 397 g/mol. The summed E-state index contributed by atoms with van der Waals surface area (Å²) in [5.74, 6) is -4.03. The highest BCUT2D eigenvalue weighted by molar-refractivity contribution is 6.00. The number of aliphatic carboxylic acids is 1. The minimum Gasteiger partial charge on any atom is -0.480 e. The Kier molecular flexibility index (Phi) is 5.20. The van der Waals surface area contributed by atoms with Gasteiger partial charge in [0.05, 0.1) is 25.4 Å². The quantitative estimate of drug-likeness (QED) is 0.735. The zero-order valence-electron chi connectivity index (χ0n) is 16.2. The third kappa shape index (κ3) is 4.69. The number of rotatable bonds is 7. The number of carboxylic acid groups (broad SMARTS) is 1. The summed E-state index contributed by atoms with van der Waals surface area (Å²) < 4.78 is 32.2. The van der Waals surface area contributed by atoms with Crippen molar-refractivity contribution in [2.24, 2.45) is 11.3 Å². The molecule has 28 heavy (non-hydrogen) atoms. The van der Waals surface area contributed by atoms with Gasteiger partial charge >= 0.3 is 5.97 Å². The maximum Gasteiger partial charge on any atom is 0.326 e. The van der Waals surface area contributed by atoms with Crippen LogP contribution in [0.25, 0.3) is 0 Å². The summed E-state index contributed by atoms with van der Waals surface area (Å²) in [5, 5.41) is 11.9. The van der Waals surface area contributed by atoms with Crippen LogP contribution in [0.15, 0.2) is 12.1 Å². The minimum atomic E-state index is -2.82. The molecule has 0 unspecified atom stereocenters. The number of carbonyl (C=O) groups excluding carboxylic acids is 1. The molecule has 154 valence electrons. The summed E-state index contributed by atoms with van der Waals surface area (Å²) in [4.78, 5) is 29.9. The Morgan fingerprint density at radius 3 is 2.50 bits per heavy atom. The molecule has 0 aromatic carbocycles. The van der Waals surface area contributed by atoms with Crippen LogP contribution in [0, 0.1) is 11.3 Å². The number of nitrogens with zero attached hydrogens (tertiary/aromatic N) is 2. The minimum absolute atomic E-state index is 0.112. The average molecular weight is 397 g/mol. The van der Waals surface area contributed by atoms with Gasteiger partial charge in [0.15, 0.2) is 5.69 Å². The highest BCUT2D eigenvalue weighted by Gasteiger charge is 2.45. The SMILES string of the molecule is CC(C)(C)[C@H](NC(=O)c1nc(OCC2CC2)ccc1N1CC(F)(F)C1)C(=O)O. The Hall–Kier alpha value is -2.45. The molecule has 7 nitrogen and oxygen atoms in total. The topological polar surface area (TPSA) is 91.8 Å². The Morgan fingerprint density at radius 1 is 1.36 bits per heavy atom. The molecule has 2 aliphatic rings. The van der Waals surface area contributed by atoms with Gasteiger partial charge < -0.3 is 20.1 Å². The fourth-order valence-electron chi connectivity index (χ4n) is 2.95. The lowest BCUT2D eigenvalue weighted by molar-refractivity contribution is -0.142. The molecule has 1 aromatic rings. The normalized spacial score (nSPS) is 19.5. The van der Waals surface area contributed by atoms with E-state index in [4.69, 9.17) is 4.74 Å². The molecule has 1 aromatic heterocycles. The van der Waals surface area contributed by atoms with Crippen LogP contribution < -0.4 is 15.0 Å². The number of pyridine rings is 1. The standard InChI is InChI=1S/C19H25F2N3O4/c1-18(2,3)15(17(26)27)23-16(25)14-12(24-9-19(20,21)10-24)6-7-13(22-14)28-8-11-4-5-11/h6-7,11,15H,4-5,8-10H2,1-3H3,(H,23,25)(H,26,27)/t15-/m1/s1. The van der Waals surface area contributed by atoms with Crippen LogP contribution in [-0.2, 0) is 4.79 Å². The second-order valence-corrected chi connectivity index (χ2v) is 8.59. The number of alkyl halides is 2. The number of hydrogen-bond acceptors (Lipinski definition) is 5. The molecule has 3 rings (SSSR count). The van der Waals surface area contributed by atoms with Crippen molar-refractivity contribution in [2.45, 2.75) is 45.6 Å². The molecular weight excluding hydrogens is 372 g/mol. The summed E-state index contributed by atoms with van der Waals surface area (Å²) in [5.41, 5.74) is -0.620. The van der Waals surface area contributed by atoms with Crippen LogP contribution in [0.1, 0.15) is 44.1 Å². The van der Waals surface area contributed by atoms with E-state index in [0.29, 0.717) is 12.5 Å². The van der Waals surface area contributed by atoms with Crippen molar-refractivity contribution in [3.63, 3.8) is 0 Å². The van der Waals surface area contributed by atoms with E-state index in [1.807, 2.05) is 0 Å². The molecule has 0 bridgehead atoms. The maximum absolute atomic E-state index is 13.3. The number of nitrogens with one attached hydrogen (secondary N) is 1. The van der Waals surface area contributed by atoms with Crippen molar-refractivity contribution < 1.29 is 28.2 Å². The predicted octanol–water partition coefficient (Wildman–Crippen LogP) is 2.55. The summed E-state index contributed by atoms with van der Waals surface area (Å²) >= 11 is 0. The first-order valence-electron chi connectivity index (χ1n) is 9.26. The van der Waals surface area contributed by atoms with Crippen molar-refractivity contribution >= 4 is 17.6 Å². The Balaban J connectivity index is 1.84. The molecule has 9 heteroatoms. The summed E-state index contributed by atoms with van der Waals surface area (Å²) in [6, 6.07) is 1.90. The first kappa shape index (κ1) is 20.3. The lowest BCUT2D eigenvalue weighted by atomic mass is 9.86. The zero-order chi connectivity index (χ0) is 20.7. The van der Waals surface area contributed by atoms with Crippen LogP contribution in [0.4, 0.5) is 14.5 Å². The van der Waals surface area contributed by atoms with E-state index in [9.17, 15) is 23.5 Å². The van der Waals surface area contributed by atoms with Gasteiger partial charge in [-0.05, 0) is 30.2 Å². The van der Waals surface area contributed by atoms with Gasteiger partial charge in [-0.15, -0.1) is 0 Å². The number of anilines is 1. The van der Waals surface area contributed by atoms with Crippen LogP contribution >= 0.6 is 0 Å². The molecule has 0 radical (unpaired) electrons. The summed E-state index contributed by atoms with van der Waals surface area (Å²) in [7, 11) is 0. The fraction of sp³-hybridized carbons (Fsp3) is 0.632. The van der Waals surface area contributed by atoms with Gasteiger partial charge in [-0.2, -0.15) is 0 Å². The fourth-order valence-corrected chi connectivity index (χ4v) is 2.95. The van der Waals surface area contributed by atoms with Crippen molar-refractivity contribution in [3.8, 4) is 5.88 Å². The zero-order valence-corrected chi connectivity index (χ0v) is 16.2. The first-order chi connectivity index (χ1) is 13.0. The molecule has 0 spiro atoms. The number of carboxylic acids is 1. The van der Waals surface area contributed by atoms with E-state index in [1.54, 1.807) is 26.8 Å². The molecule has 2 N–H and O–H groups in total. The summed E-state index contributed by atoms with van der Waals surface area (Å²) in [6.45, 7) is 4.51. The lowest BCUT2D eigenvalue weighted by Gasteiger charge is -2.41. The highest BCUT2D eigenvalue weighted by Crippen LogP contribution is 2.35. The van der Waals surface area contributed by atoms with Gasteiger partial charge in [0.25, 0.3) is 11.8 Å². The van der Waals surface area contributed by atoms with Crippen molar-refractivity contribution in [1.29, 1.82) is 0 Å². The second kappa shape index (κ2) is 7.18. The number of amides is 1. The van der Waals surface area contributed by atoms with Gasteiger partial charge in [-0.1, -0.05) is 20.8 Å². The number of aromatic nitrogens is 1. The number of ether oxygens (including phenoxy) is 1. The molecule has 1 saturated heterocycles. The molecule has 1 aliphatic carbocycles. The Labute approximate surface area is 162 Å². The molecular formula is C19H25F2N3O4. The van der Waals surface area contributed by atoms with Gasteiger partial charge in [-0.3, -0.25) is 4.79 Å². The third-order valence-corrected chi connectivity index (χ3v) is 4.80. The molecule has 1 saturated carbocycles. The average Bonchev–Trinajstić information content (AvgIpc) is 3.38. The van der Waals surface area contributed by atoms with E-state index in [1.165, 1.54) is 11.0 Å². The Bertz CT molecular complexity index is 767. The van der Waals surface area contributed by atoms with Crippen molar-refractivity contribution in [2.75, 3.05) is 24.6 Å². The van der Waals surface area contributed by atoms with Gasteiger partial charge in [0.1, 0.15) is 6.04 Å². The largest absolute Gasteiger partial charge is 0.480 e. The van der Waals surface area contributed by atoms with E-state index >= 15 is 0 Å². The summed E-state index contributed by atoms with van der Waals surface area (Å²) in [6.07, 6.45) is 2.17. The number of halogens is 2. The van der Waals surface area contributed by atoms with Gasteiger partial charge in [0, 0.05) is 6.07 Å². The van der Waals surface area contributed by atoms with Crippen LogP contribution in [0.3, 0.4) is 0 Å². The first-order valence-corrected chi connectivity index (χ1v) is 9.26. The van der Waals surface area contributed by atoms with Crippen molar-refractivity contribution in [3.05, 3.63) is 17.8 Å². The lowest BCUT2D eigenvalue weighted by Crippen LogP contribution is -2.57. The van der Waals surface area contributed by atoms with Gasteiger partial charge in [0.2, 0.25) is 5.88 Å². The molecule has 1 amide bonds. The third-order valence-electron chi connectivity index (χ3n) is 4.80. The van der Waals surface area contributed by atoms with E-state index in [2.05, 4.69) is 10.3 Å². The predicted molar refractivity (Wildman–Crippen MR) is 98.0 cm³/mol. The Morgan fingerprint density at radius 2 is 2.00 bits per heavy atom. The molecule has 2 heterocycles. The van der Waals surface area contributed by atoms with Gasteiger partial charge in [-0.25, -0.2) is 18.6 Å². The highest BCUT2D eigenvalue weighted by atomic mass is 19.3. The van der Waals surface area contributed by atoms with Crippen molar-refractivity contribution in [1.82, 2.24) is 10.3 Å². The van der Waals surface area contributed by atoms with E-state index < -0.39 is 42.3 Å². The molecule has 2 fully saturated rings. The van der Waals surface area contributed by atoms with Crippen LogP contribution in [0.2, 0.25) is 0 Å². The number of carbonyl (C=O) groups is 2. The molecule has 1 aliphatic heterocycles. The van der Waals surface area contributed by atoms with Crippen LogP contribution in [0.5, 0.6) is 5.88 Å². The maximum atomic E-state index is 13.3. The van der Waals surface area contributed by atoms with Crippen LogP contribution in [-0.4, -0.2) is 53.6 Å². The number of hydrogen-bond donors (Lipinski definition) is 2. The van der Waals surface area contributed by atoms with E-state index in [-0.39, 0.29) is 17.3 Å². The molecule has 1 atom stereocenters. The smallest absolute Gasteiger partial charge is 0.326 e. The second-order valence-electron chi connectivity index (χ2n) is 8.59.